The first kappa shape index (κ1) is 15.5. The Labute approximate surface area is 102 Å². The maximum atomic E-state index is 11.7. The van der Waals surface area contributed by atoms with E-state index in [1.165, 1.54) is 0 Å². The molecular weight excluding hydrogens is 246 g/mol. The van der Waals surface area contributed by atoms with Gasteiger partial charge in [-0.2, -0.15) is 4.79 Å². The normalized spacial score (nSPS) is 8.83. The number of methoxy groups -OCH3 is 2. The molecule has 0 bridgehead atoms. The number of carbonyl (C=O) groups is 4. The molecule has 0 heterocycles. The van der Waals surface area contributed by atoms with Crippen molar-refractivity contribution in [3.63, 3.8) is 0 Å². The molecule has 0 aliphatic rings. The molecule has 0 aromatic carbocycles. The summed E-state index contributed by atoms with van der Waals surface area (Å²) in [6.45, 7) is 0.286. The molecule has 0 aliphatic heterocycles. The van der Waals surface area contributed by atoms with Crippen molar-refractivity contribution >= 4 is 29.5 Å². The number of ether oxygens (including phenoxy) is 2. The van der Waals surface area contributed by atoms with Crippen LogP contribution in [-0.4, -0.2) is 59.9 Å². The van der Waals surface area contributed by atoms with Crippen LogP contribution < -0.4 is 0 Å². The molecule has 0 rings (SSSR count). The lowest BCUT2D eigenvalue weighted by atomic mass is 10.3. The van der Waals surface area contributed by atoms with Crippen molar-refractivity contribution in [3.8, 4) is 0 Å². The second-order valence-electron chi connectivity index (χ2n) is 2.93. The second-order valence-corrected chi connectivity index (χ2v) is 2.93. The number of nitrogens with zero attached hydrogens (tertiary/aromatic N) is 3. The quantitative estimate of drug-likeness (QED) is 0.196. The third kappa shape index (κ3) is 3.80. The van der Waals surface area contributed by atoms with Crippen molar-refractivity contribution in [2.75, 3.05) is 20.8 Å². The summed E-state index contributed by atoms with van der Waals surface area (Å²) in [7, 11) is 2.02. The zero-order chi connectivity index (χ0) is 14.3. The summed E-state index contributed by atoms with van der Waals surface area (Å²) < 4.78 is 8.46. The van der Waals surface area contributed by atoms with Crippen LogP contribution in [0.15, 0.2) is 0 Å². The fraction of sp³-hybridized carbons (Fsp3) is 0.444. The second kappa shape index (κ2) is 6.92. The van der Waals surface area contributed by atoms with E-state index < -0.39 is 36.0 Å². The first-order chi connectivity index (χ1) is 8.38. The number of amides is 2. The van der Waals surface area contributed by atoms with Crippen LogP contribution in [0, 0.1) is 0 Å². The number of carbonyl (C=O) groups excluding carboxylic acids is 4. The molecule has 0 aliphatic carbocycles. The third-order valence-electron chi connectivity index (χ3n) is 1.82. The van der Waals surface area contributed by atoms with Gasteiger partial charge in [-0.05, 0) is 0 Å². The van der Waals surface area contributed by atoms with Gasteiger partial charge in [0.05, 0.1) is 14.2 Å². The Kier molecular flexibility index (Phi) is 5.94. The van der Waals surface area contributed by atoms with E-state index in [0.29, 0.717) is 4.90 Å². The van der Waals surface area contributed by atoms with Gasteiger partial charge in [-0.3, -0.25) is 19.3 Å². The van der Waals surface area contributed by atoms with Gasteiger partial charge in [-0.1, -0.05) is 0 Å². The van der Waals surface area contributed by atoms with Crippen molar-refractivity contribution in [1.29, 1.82) is 0 Å². The monoisotopic (exact) mass is 257 g/mol. The standard InChI is InChI=1S/C9H11N3O6/c1-5(13)12(4-6(14)17-2)8(15)7(11-10)9(16)18-3/h4H2,1-3H3. The molecule has 98 valence electrons. The van der Waals surface area contributed by atoms with Crippen LogP contribution in [0.1, 0.15) is 6.92 Å². The molecule has 0 saturated heterocycles. The van der Waals surface area contributed by atoms with Crippen molar-refractivity contribution < 1.29 is 33.4 Å². The molecule has 2 amide bonds. The van der Waals surface area contributed by atoms with E-state index in [9.17, 15) is 19.2 Å². The maximum absolute atomic E-state index is 11.7. The zero-order valence-corrected chi connectivity index (χ0v) is 10.00. The van der Waals surface area contributed by atoms with Crippen molar-refractivity contribution in [3.05, 3.63) is 5.53 Å². The largest absolute Gasteiger partial charge is 0.468 e. The van der Waals surface area contributed by atoms with Gasteiger partial charge < -0.3 is 15.0 Å². The average molecular weight is 257 g/mol. The number of imide groups is 1. The zero-order valence-electron chi connectivity index (χ0n) is 10.00. The highest BCUT2D eigenvalue weighted by Crippen LogP contribution is 1.96. The molecule has 0 fully saturated rings. The van der Waals surface area contributed by atoms with Crippen LogP contribution in [0.4, 0.5) is 0 Å². The molecule has 0 saturated carbocycles. The van der Waals surface area contributed by atoms with Crippen molar-refractivity contribution in [2.45, 2.75) is 6.92 Å². The highest BCUT2D eigenvalue weighted by molar-refractivity contribution is 6.62. The van der Waals surface area contributed by atoms with Gasteiger partial charge in [0, 0.05) is 6.92 Å². The van der Waals surface area contributed by atoms with E-state index in [0.717, 1.165) is 21.1 Å². The summed E-state index contributed by atoms with van der Waals surface area (Å²) in [4.78, 5) is 47.8. The lowest BCUT2D eigenvalue weighted by Crippen LogP contribution is -2.46. The molecule has 0 N–H and O–H groups in total. The van der Waals surface area contributed by atoms with Crippen LogP contribution in [-0.2, 0) is 28.7 Å². The van der Waals surface area contributed by atoms with Gasteiger partial charge in [0.1, 0.15) is 6.54 Å². The number of rotatable bonds is 4. The third-order valence-corrected chi connectivity index (χ3v) is 1.82. The SMILES string of the molecule is COC(=O)CN(C(C)=O)C(=O)C(=[N+]=[N-])C(=O)OC. The molecule has 0 aromatic heterocycles. The number of esters is 2. The van der Waals surface area contributed by atoms with E-state index in [1.807, 2.05) is 0 Å². The highest BCUT2D eigenvalue weighted by Gasteiger charge is 2.37. The van der Waals surface area contributed by atoms with Crippen molar-refractivity contribution in [1.82, 2.24) is 4.90 Å². The minimum Gasteiger partial charge on any atom is -0.468 e. The molecule has 0 aromatic rings. The predicted octanol–water partition coefficient (Wildman–Crippen LogP) is -1.62. The van der Waals surface area contributed by atoms with Crippen LogP contribution in [0.2, 0.25) is 0 Å². The Bertz CT molecular complexity index is 438. The summed E-state index contributed by atoms with van der Waals surface area (Å²) in [5.41, 5.74) is 7.52. The first-order valence-electron chi connectivity index (χ1n) is 4.58. The van der Waals surface area contributed by atoms with E-state index in [4.69, 9.17) is 5.53 Å². The van der Waals surface area contributed by atoms with Gasteiger partial charge in [0.2, 0.25) is 5.91 Å². The summed E-state index contributed by atoms with van der Waals surface area (Å²) in [5, 5.41) is 0. The maximum Gasteiger partial charge on any atom is 0.463 e. The molecular formula is C9H11N3O6. The molecule has 9 heteroatoms. The van der Waals surface area contributed by atoms with Gasteiger partial charge in [-0.15, -0.1) is 0 Å². The van der Waals surface area contributed by atoms with Crippen LogP contribution in [0.5, 0.6) is 0 Å². The molecule has 0 radical (unpaired) electrons. The van der Waals surface area contributed by atoms with E-state index in [-0.39, 0.29) is 0 Å². The Morgan fingerprint density at radius 2 is 1.72 bits per heavy atom. The highest BCUT2D eigenvalue weighted by atomic mass is 16.5. The van der Waals surface area contributed by atoms with Gasteiger partial charge in [0.25, 0.3) is 0 Å². The minimum absolute atomic E-state index is 0.387. The fourth-order valence-corrected chi connectivity index (χ4v) is 0.915. The van der Waals surface area contributed by atoms with Gasteiger partial charge >= 0.3 is 23.6 Å². The van der Waals surface area contributed by atoms with Crippen LogP contribution in [0.25, 0.3) is 5.53 Å². The smallest absolute Gasteiger partial charge is 0.463 e. The first-order valence-corrected chi connectivity index (χ1v) is 4.58. The van der Waals surface area contributed by atoms with Gasteiger partial charge in [-0.25, -0.2) is 4.79 Å². The molecule has 18 heavy (non-hydrogen) atoms. The summed E-state index contributed by atoms with van der Waals surface area (Å²) in [5.74, 6) is -4.20. The van der Waals surface area contributed by atoms with Crippen molar-refractivity contribution in [2.24, 2.45) is 0 Å². The van der Waals surface area contributed by atoms with Gasteiger partial charge in [0.15, 0.2) is 0 Å². The van der Waals surface area contributed by atoms with E-state index in [1.54, 1.807) is 0 Å². The summed E-state index contributed by atoms with van der Waals surface area (Å²) in [6, 6.07) is 0. The number of hydrogen-bond acceptors (Lipinski definition) is 6. The Balaban J connectivity index is 5.20. The average Bonchev–Trinajstić information content (AvgIpc) is 2.35. The lowest BCUT2D eigenvalue weighted by Gasteiger charge is -2.14. The Morgan fingerprint density at radius 1 is 1.17 bits per heavy atom. The predicted molar refractivity (Wildman–Crippen MR) is 55.1 cm³/mol. The molecule has 9 nitrogen and oxygen atoms in total. The minimum atomic E-state index is -1.26. The topological polar surface area (TPSA) is 126 Å². The lowest BCUT2D eigenvalue weighted by molar-refractivity contribution is -0.153. The molecule has 0 spiro atoms. The molecule has 0 unspecified atom stereocenters. The Hall–Kier alpha value is -2.54. The fourth-order valence-electron chi connectivity index (χ4n) is 0.915. The van der Waals surface area contributed by atoms with Crippen LogP contribution >= 0.6 is 0 Å². The van der Waals surface area contributed by atoms with Crippen LogP contribution in [0.3, 0.4) is 0 Å². The summed E-state index contributed by atoms with van der Waals surface area (Å²) >= 11 is 0. The summed E-state index contributed by atoms with van der Waals surface area (Å²) in [6.07, 6.45) is 0. The van der Waals surface area contributed by atoms with E-state index in [2.05, 4.69) is 14.3 Å². The van der Waals surface area contributed by atoms with E-state index >= 15 is 0 Å². The Morgan fingerprint density at radius 3 is 2.06 bits per heavy atom. The molecule has 0 atom stereocenters. The number of hydrogen-bond donors (Lipinski definition) is 0.